The van der Waals surface area contributed by atoms with E-state index in [1.807, 2.05) is 11.3 Å². The molecular weight excluding hydrogens is 200 g/mol. The third kappa shape index (κ3) is 5.36. The van der Waals surface area contributed by atoms with E-state index >= 15 is 0 Å². The van der Waals surface area contributed by atoms with Crippen molar-refractivity contribution in [2.45, 2.75) is 65.2 Å². The number of thiophene rings is 1. The number of hydrogen-bond donors (Lipinski definition) is 0. The van der Waals surface area contributed by atoms with Crippen LogP contribution in [0.25, 0.3) is 0 Å². The van der Waals surface area contributed by atoms with Crippen molar-refractivity contribution >= 4 is 11.3 Å². The second-order valence-corrected chi connectivity index (χ2v) is 5.33. The summed E-state index contributed by atoms with van der Waals surface area (Å²) < 4.78 is 0. The lowest BCUT2D eigenvalue weighted by molar-refractivity contribution is 0.667. The molecule has 0 saturated carbocycles. The van der Waals surface area contributed by atoms with E-state index in [4.69, 9.17) is 0 Å². The Balaban J connectivity index is 2.20. The summed E-state index contributed by atoms with van der Waals surface area (Å²) in [6.07, 6.45) is 10.7. The highest BCUT2D eigenvalue weighted by Crippen LogP contribution is 2.19. The average molecular weight is 224 g/mol. The van der Waals surface area contributed by atoms with Crippen molar-refractivity contribution in [3.8, 4) is 0 Å². The number of hydrogen-bond acceptors (Lipinski definition) is 1. The molecule has 0 aliphatic rings. The normalized spacial score (nSPS) is 10.8. The number of unbranched alkanes of at least 4 members (excludes halogenated alkanes) is 4. The molecule has 0 atom stereocenters. The first-order valence-electron chi connectivity index (χ1n) is 6.43. The topological polar surface area (TPSA) is 0 Å². The Hall–Kier alpha value is -0.300. The summed E-state index contributed by atoms with van der Waals surface area (Å²) in [5, 5.41) is 2.36. The van der Waals surface area contributed by atoms with Crippen molar-refractivity contribution in [2.75, 3.05) is 0 Å². The smallest absolute Gasteiger partial charge is 0.00480 e. The van der Waals surface area contributed by atoms with Crippen LogP contribution in [0.4, 0.5) is 0 Å². The lowest BCUT2D eigenvalue weighted by Crippen LogP contribution is -1.83. The van der Waals surface area contributed by atoms with Crippen LogP contribution in [0.1, 0.15) is 62.8 Å². The molecule has 1 aromatic heterocycles. The minimum Gasteiger partial charge on any atom is -0.149 e. The molecule has 0 nitrogen and oxygen atoms in total. The van der Waals surface area contributed by atoms with Gasteiger partial charge >= 0.3 is 0 Å². The molecule has 0 fully saturated rings. The van der Waals surface area contributed by atoms with Crippen LogP contribution < -0.4 is 0 Å². The molecule has 0 bridgehead atoms. The summed E-state index contributed by atoms with van der Waals surface area (Å²) in [6, 6.07) is 2.42. The van der Waals surface area contributed by atoms with Gasteiger partial charge in [0.2, 0.25) is 0 Å². The average Bonchev–Trinajstić information content (AvgIpc) is 2.69. The van der Waals surface area contributed by atoms with E-state index in [0.29, 0.717) is 0 Å². The van der Waals surface area contributed by atoms with Crippen molar-refractivity contribution in [3.05, 3.63) is 21.9 Å². The minimum atomic E-state index is 1.29. The summed E-state index contributed by atoms with van der Waals surface area (Å²) in [7, 11) is 0. The molecule has 0 aliphatic heterocycles. The van der Waals surface area contributed by atoms with Gasteiger partial charge < -0.3 is 0 Å². The monoisotopic (exact) mass is 224 g/mol. The first-order valence-corrected chi connectivity index (χ1v) is 7.31. The third-order valence-electron chi connectivity index (χ3n) is 2.80. The Morgan fingerprint density at radius 1 is 0.933 bits per heavy atom. The van der Waals surface area contributed by atoms with Gasteiger partial charge in [0.15, 0.2) is 0 Å². The fraction of sp³-hybridized carbons (Fsp3) is 0.714. The van der Waals surface area contributed by atoms with Gasteiger partial charge in [-0.2, -0.15) is 0 Å². The van der Waals surface area contributed by atoms with Crippen molar-refractivity contribution in [1.29, 1.82) is 0 Å². The second kappa shape index (κ2) is 7.92. The minimum absolute atomic E-state index is 1.29. The lowest BCUT2D eigenvalue weighted by atomic mass is 10.1. The predicted octanol–water partition coefficient (Wildman–Crippen LogP) is 5.21. The van der Waals surface area contributed by atoms with Gasteiger partial charge in [0, 0.05) is 4.88 Å². The molecule has 15 heavy (non-hydrogen) atoms. The zero-order valence-electron chi connectivity index (χ0n) is 10.2. The van der Waals surface area contributed by atoms with Gasteiger partial charge in [-0.15, -0.1) is 11.3 Å². The van der Waals surface area contributed by atoms with Crippen LogP contribution in [-0.4, -0.2) is 0 Å². The molecule has 1 aromatic rings. The quantitative estimate of drug-likeness (QED) is 0.531. The molecule has 0 saturated heterocycles. The van der Waals surface area contributed by atoms with E-state index in [1.165, 1.54) is 51.4 Å². The van der Waals surface area contributed by atoms with Crippen molar-refractivity contribution in [3.63, 3.8) is 0 Å². The molecule has 1 heterocycles. The summed E-state index contributed by atoms with van der Waals surface area (Å²) in [6.45, 7) is 4.53. The van der Waals surface area contributed by atoms with E-state index in [0.717, 1.165) is 0 Å². The molecule has 0 unspecified atom stereocenters. The Morgan fingerprint density at radius 2 is 1.73 bits per heavy atom. The molecular formula is C14H24S. The first kappa shape index (κ1) is 12.8. The summed E-state index contributed by atoms with van der Waals surface area (Å²) in [4.78, 5) is 1.59. The van der Waals surface area contributed by atoms with Crippen LogP contribution in [0.3, 0.4) is 0 Å². The van der Waals surface area contributed by atoms with Crippen molar-refractivity contribution < 1.29 is 0 Å². The highest BCUT2D eigenvalue weighted by atomic mass is 32.1. The zero-order valence-corrected chi connectivity index (χ0v) is 11.0. The molecule has 0 N–H and O–H groups in total. The Kier molecular flexibility index (Phi) is 6.74. The third-order valence-corrected chi connectivity index (χ3v) is 3.85. The highest BCUT2D eigenvalue weighted by molar-refractivity contribution is 7.10. The van der Waals surface area contributed by atoms with Crippen LogP contribution in [-0.2, 0) is 12.8 Å². The Labute approximate surface area is 98.7 Å². The maximum atomic E-state index is 2.42. The Morgan fingerprint density at radius 3 is 2.47 bits per heavy atom. The second-order valence-electron chi connectivity index (χ2n) is 4.34. The summed E-state index contributed by atoms with van der Waals surface area (Å²) in [5.41, 5.74) is 1.57. The van der Waals surface area contributed by atoms with Crippen LogP contribution >= 0.6 is 11.3 Å². The van der Waals surface area contributed by atoms with Crippen LogP contribution in [0.15, 0.2) is 11.4 Å². The van der Waals surface area contributed by atoms with Crippen LogP contribution in [0, 0.1) is 0 Å². The van der Waals surface area contributed by atoms with Crippen molar-refractivity contribution in [2.24, 2.45) is 0 Å². The molecule has 0 spiro atoms. The fourth-order valence-corrected chi connectivity index (χ4v) is 2.77. The maximum Gasteiger partial charge on any atom is 0.00480 e. The van der Waals surface area contributed by atoms with Gasteiger partial charge in [-0.05, 0) is 42.7 Å². The molecule has 0 amide bonds. The van der Waals surface area contributed by atoms with Gasteiger partial charge in [0.1, 0.15) is 0 Å². The molecule has 1 rings (SSSR count). The van der Waals surface area contributed by atoms with E-state index in [9.17, 15) is 0 Å². The van der Waals surface area contributed by atoms with Crippen LogP contribution in [0.2, 0.25) is 0 Å². The molecule has 0 aromatic carbocycles. The largest absolute Gasteiger partial charge is 0.149 e. The standard InChI is InChI=1S/C14H24S/c1-3-5-7-8-9-13-11-14(15-12-13)10-6-4-2/h11-12H,3-10H2,1-2H3. The van der Waals surface area contributed by atoms with Crippen molar-refractivity contribution in [1.82, 2.24) is 0 Å². The molecule has 0 radical (unpaired) electrons. The van der Waals surface area contributed by atoms with Gasteiger partial charge in [-0.3, -0.25) is 0 Å². The van der Waals surface area contributed by atoms with Crippen LogP contribution in [0.5, 0.6) is 0 Å². The number of rotatable bonds is 8. The predicted molar refractivity (Wildman–Crippen MR) is 70.8 cm³/mol. The molecule has 86 valence electrons. The maximum absolute atomic E-state index is 2.42. The van der Waals surface area contributed by atoms with Gasteiger partial charge in [-0.25, -0.2) is 0 Å². The highest BCUT2D eigenvalue weighted by Gasteiger charge is 1.99. The summed E-state index contributed by atoms with van der Waals surface area (Å²) in [5.74, 6) is 0. The number of aryl methyl sites for hydroxylation is 2. The molecule has 1 heteroatoms. The zero-order chi connectivity index (χ0) is 10.9. The van der Waals surface area contributed by atoms with E-state index < -0.39 is 0 Å². The van der Waals surface area contributed by atoms with E-state index in [1.54, 1.807) is 10.4 Å². The van der Waals surface area contributed by atoms with Gasteiger partial charge in [0.05, 0.1) is 0 Å². The first-order chi connectivity index (χ1) is 7.36. The SMILES string of the molecule is CCCCCCc1csc(CCCC)c1. The Bertz CT molecular complexity index is 250. The van der Waals surface area contributed by atoms with Gasteiger partial charge in [0.25, 0.3) is 0 Å². The fourth-order valence-electron chi connectivity index (χ4n) is 1.80. The molecule has 0 aliphatic carbocycles. The summed E-state index contributed by atoms with van der Waals surface area (Å²) >= 11 is 1.95. The van der Waals surface area contributed by atoms with E-state index in [-0.39, 0.29) is 0 Å². The van der Waals surface area contributed by atoms with E-state index in [2.05, 4.69) is 25.3 Å². The van der Waals surface area contributed by atoms with Gasteiger partial charge in [-0.1, -0.05) is 39.5 Å². The lowest BCUT2D eigenvalue weighted by Gasteiger charge is -1.97.